The number of hydrogen-bond acceptors (Lipinski definition) is 6. The van der Waals surface area contributed by atoms with E-state index in [-0.39, 0.29) is 28.0 Å². The molecule has 1 aromatic heterocycles. The van der Waals surface area contributed by atoms with Gasteiger partial charge >= 0.3 is 0 Å². The Bertz CT molecular complexity index is 558. The van der Waals surface area contributed by atoms with Crippen molar-refractivity contribution in [2.24, 2.45) is 0 Å². The summed E-state index contributed by atoms with van der Waals surface area (Å²) in [5, 5.41) is 5.90. The van der Waals surface area contributed by atoms with E-state index >= 15 is 0 Å². The summed E-state index contributed by atoms with van der Waals surface area (Å²) < 4.78 is 23.5. The van der Waals surface area contributed by atoms with Crippen molar-refractivity contribution in [2.75, 3.05) is 16.9 Å². The third-order valence-electron chi connectivity index (χ3n) is 2.04. The van der Waals surface area contributed by atoms with E-state index in [4.69, 9.17) is 11.6 Å². The summed E-state index contributed by atoms with van der Waals surface area (Å²) in [6.45, 7) is 7.63. The number of nitrogens with one attached hydrogen (secondary N) is 2. The second-order valence-electron chi connectivity index (χ2n) is 4.89. The molecule has 0 bridgehead atoms. The van der Waals surface area contributed by atoms with E-state index in [1.165, 1.54) is 0 Å². The maximum Gasteiger partial charge on any atom is 0.226 e. The summed E-state index contributed by atoms with van der Waals surface area (Å²) in [5.41, 5.74) is 0. The number of nitrogens with zero attached hydrogens (tertiary/aromatic N) is 2. The highest BCUT2D eigenvalue weighted by Gasteiger charge is 2.22. The third-order valence-corrected chi connectivity index (χ3v) is 3.55. The van der Waals surface area contributed by atoms with E-state index in [2.05, 4.69) is 20.6 Å². The highest BCUT2D eigenvalue weighted by molar-refractivity contribution is 7.91. The van der Waals surface area contributed by atoms with Crippen molar-refractivity contribution in [1.29, 1.82) is 0 Å². The van der Waals surface area contributed by atoms with E-state index in [1.54, 1.807) is 0 Å². The minimum Gasteiger partial charge on any atom is -0.367 e. The van der Waals surface area contributed by atoms with Gasteiger partial charge in [0.1, 0.15) is 4.90 Å². The molecule has 0 spiro atoms. The second-order valence-corrected chi connectivity index (χ2v) is 7.20. The number of rotatable bonds is 5. The topological polar surface area (TPSA) is 84.0 Å². The fraction of sp³-hybridized carbons (Fsp3) is 0.636. The summed E-state index contributed by atoms with van der Waals surface area (Å²) in [6.07, 6.45) is 1.08. The van der Waals surface area contributed by atoms with E-state index < -0.39 is 9.84 Å². The number of hydrogen-bond donors (Lipinski definition) is 2. The minimum atomic E-state index is -3.50. The lowest BCUT2D eigenvalue weighted by atomic mass is 10.4. The molecule has 0 aliphatic rings. The van der Waals surface area contributed by atoms with Gasteiger partial charge in [-0.3, -0.25) is 0 Å². The second kappa shape index (κ2) is 5.92. The van der Waals surface area contributed by atoms with Crippen LogP contribution < -0.4 is 10.6 Å². The van der Waals surface area contributed by atoms with Gasteiger partial charge in [-0.05, 0) is 27.7 Å². The van der Waals surface area contributed by atoms with Crippen molar-refractivity contribution in [1.82, 2.24) is 9.97 Å². The third kappa shape index (κ3) is 4.50. The van der Waals surface area contributed by atoms with Gasteiger partial charge in [0.15, 0.2) is 20.8 Å². The van der Waals surface area contributed by atoms with Gasteiger partial charge in [0.25, 0.3) is 0 Å². The molecule has 0 saturated carbocycles. The molecule has 1 heterocycles. The summed E-state index contributed by atoms with van der Waals surface area (Å²) in [4.78, 5) is 8.08. The van der Waals surface area contributed by atoms with Gasteiger partial charge in [-0.25, -0.2) is 8.42 Å². The Kier molecular flexibility index (Phi) is 4.98. The van der Waals surface area contributed by atoms with Crippen molar-refractivity contribution in [3.8, 4) is 0 Å². The van der Waals surface area contributed by atoms with Crippen LogP contribution in [0.15, 0.2) is 4.90 Å². The van der Waals surface area contributed by atoms with Crippen LogP contribution in [0.1, 0.15) is 27.7 Å². The van der Waals surface area contributed by atoms with Crippen LogP contribution in [0.4, 0.5) is 11.8 Å². The first-order valence-electron chi connectivity index (χ1n) is 5.92. The summed E-state index contributed by atoms with van der Waals surface area (Å²) in [5.74, 6) is 0.524. The molecule has 0 saturated heterocycles. The van der Waals surface area contributed by atoms with Crippen LogP contribution in [0.3, 0.4) is 0 Å². The maximum atomic E-state index is 11.8. The van der Waals surface area contributed by atoms with E-state index in [1.807, 2.05) is 27.7 Å². The lowest BCUT2D eigenvalue weighted by molar-refractivity contribution is 0.601. The Morgan fingerprint density at radius 2 is 1.58 bits per heavy atom. The molecule has 8 heteroatoms. The Morgan fingerprint density at radius 1 is 1.05 bits per heavy atom. The molecule has 1 rings (SSSR count). The molecule has 6 nitrogen and oxygen atoms in total. The molecule has 2 N–H and O–H groups in total. The first kappa shape index (κ1) is 16.0. The molecule has 0 aromatic carbocycles. The van der Waals surface area contributed by atoms with Crippen LogP contribution in [0, 0.1) is 0 Å². The minimum absolute atomic E-state index is 0.0263. The predicted molar refractivity (Wildman–Crippen MR) is 77.7 cm³/mol. The molecule has 0 fully saturated rings. The first-order valence-corrected chi connectivity index (χ1v) is 8.19. The van der Waals surface area contributed by atoms with Crippen LogP contribution in [-0.4, -0.2) is 36.7 Å². The average Bonchev–Trinajstić information content (AvgIpc) is 2.10. The number of sulfone groups is 1. The van der Waals surface area contributed by atoms with Gasteiger partial charge in [-0.15, -0.1) is 0 Å². The number of halogens is 1. The molecular formula is C11H19ClN4O2S. The number of aromatic nitrogens is 2. The Morgan fingerprint density at radius 3 is 2.00 bits per heavy atom. The van der Waals surface area contributed by atoms with E-state index in [9.17, 15) is 8.42 Å². The lowest BCUT2D eigenvalue weighted by Gasteiger charge is -2.16. The molecule has 1 aromatic rings. The molecule has 0 aliphatic carbocycles. The average molecular weight is 307 g/mol. The van der Waals surface area contributed by atoms with Crippen LogP contribution >= 0.6 is 11.6 Å². The van der Waals surface area contributed by atoms with Crippen LogP contribution in [0.2, 0.25) is 5.15 Å². The Labute approximate surface area is 118 Å². The number of anilines is 2. The standard InChI is InChI=1S/C11H19ClN4O2S/c1-6(2)13-10-8(19(5,17)18)9(12)15-11(16-10)14-7(3)4/h6-7H,1-5H3,(H2,13,14,15,16). The molecule has 19 heavy (non-hydrogen) atoms. The zero-order valence-electron chi connectivity index (χ0n) is 11.7. The van der Waals surface area contributed by atoms with Crippen LogP contribution in [0.5, 0.6) is 0 Å². The largest absolute Gasteiger partial charge is 0.367 e. The fourth-order valence-corrected chi connectivity index (χ4v) is 2.84. The molecular weight excluding hydrogens is 288 g/mol. The van der Waals surface area contributed by atoms with Crippen molar-refractivity contribution >= 4 is 33.2 Å². The van der Waals surface area contributed by atoms with Crippen molar-refractivity contribution < 1.29 is 8.42 Å². The fourth-order valence-electron chi connectivity index (χ4n) is 1.45. The van der Waals surface area contributed by atoms with Crippen molar-refractivity contribution in [3.63, 3.8) is 0 Å². The highest BCUT2D eigenvalue weighted by Crippen LogP contribution is 2.28. The molecule has 0 aliphatic heterocycles. The lowest BCUT2D eigenvalue weighted by Crippen LogP contribution is -2.19. The quantitative estimate of drug-likeness (QED) is 0.811. The summed E-state index contributed by atoms with van der Waals surface area (Å²) >= 11 is 5.98. The SMILES string of the molecule is CC(C)Nc1nc(Cl)c(S(C)(=O)=O)c(NC(C)C)n1. The zero-order chi connectivity index (χ0) is 14.8. The normalized spacial score (nSPS) is 12.0. The molecule has 0 atom stereocenters. The van der Waals surface area contributed by atoms with Gasteiger partial charge < -0.3 is 10.6 Å². The maximum absolute atomic E-state index is 11.8. The molecule has 0 radical (unpaired) electrons. The van der Waals surface area contributed by atoms with Gasteiger partial charge in [0.05, 0.1) is 0 Å². The van der Waals surface area contributed by atoms with Crippen LogP contribution in [-0.2, 0) is 9.84 Å². The summed E-state index contributed by atoms with van der Waals surface area (Å²) in [7, 11) is -3.50. The monoisotopic (exact) mass is 306 g/mol. The van der Waals surface area contributed by atoms with Gasteiger partial charge in [0, 0.05) is 18.3 Å². The summed E-state index contributed by atoms with van der Waals surface area (Å²) in [6, 6.07) is 0.144. The van der Waals surface area contributed by atoms with E-state index in [0.717, 1.165) is 6.26 Å². The zero-order valence-corrected chi connectivity index (χ0v) is 13.2. The Balaban J connectivity index is 3.39. The molecule has 0 amide bonds. The molecule has 108 valence electrons. The molecule has 0 unspecified atom stereocenters. The Hall–Kier alpha value is -1.08. The van der Waals surface area contributed by atoms with E-state index in [0.29, 0.717) is 5.95 Å². The van der Waals surface area contributed by atoms with Crippen LogP contribution in [0.25, 0.3) is 0 Å². The smallest absolute Gasteiger partial charge is 0.226 e. The predicted octanol–water partition coefficient (Wildman–Crippen LogP) is 2.17. The first-order chi connectivity index (χ1) is 8.61. The van der Waals surface area contributed by atoms with Gasteiger partial charge in [-0.2, -0.15) is 9.97 Å². The van der Waals surface area contributed by atoms with Gasteiger partial charge in [-0.1, -0.05) is 11.6 Å². The van der Waals surface area contributed by atoms with Crippen molar-refractivity contribution in [2.45, 2.75) is 44.7 Å². The van der Waals surface area contributed by atoms with Gasteiger partial charge in [0.2, 0.25) is 5.95 Å². The highest BCUT2D eigenvalue weighted by atomic mass is 35.5. The van der Waals surface area contributed by atoms with Crippen molar-refractivity contribution in [3.05, 3.63) is 5.15 Å².